The van der Waals surface area contributed by atoms with Crippen molar-refractivity contribution in [3.63, 3.8) is 0 Å². The van der Waals surface area contributed by atoms with Crippen molar-refractivity contribution < 1.29 is 0 Å². The number of benzene rings is 1. The van der Waals surface area contributed by atoms with E-state index in [-0.39, 0.29) is 18.2 Å². The molecular formula is C8H10BrClN2. The molecule has 0 amide bonds. The van der Waals surface area contributed by atoms with Gasteiger partial charge in [-0.15, -0.1) is 12.4 Å². The Morgan fingerprint density at radius 3 is 2.67 bits per heavy atom. The Bertz CT molecular complexity index is 276. The Morgan fingerprint density at radius 1 is 1.50 bits per heavy atom. The SMILES string of the molecule is Cl.N=C(N)Cc1cccc(Br)c1. The van der Waals surface area contributed by atoms with E-state index >= 15 is 0 Å². The summed E-state index contributed by atoms with van der Waals surface area (Å²) in [5.41, 5.74) is 6.30. The first-order valence-corrected chi connectivity index (χ1v) is 4.05. The highest BCUT2D eigenvalue weighted by molar-refractivity contribution is 9.10. The van der Waals surface area contributed by atoms with Crippen LogP contribution in [-0.2, 0) is 6.42 Å². The molecule has 66 valence electrons. The van der Waals surface area contributed by atoms with Gasteiger partial charge in [0.05, 0.1) is 5.84 Å². The van der Waals surface area contributed by atoms with Crippen LogP contribution >= 0.6 is 28.3 Å². The van der Waals surface area contributed by atoms with Crippen molar-refractivity contribution in [3.05, 3.63) is 34.3 Å². The van der Waals surface area contributed by atoms with Crippen LogP contribution in [-0.4, -0.2) is 5.84 Å². The van der Waals surface area contributed by atoms with E-state index < -0.39 is 0 Å². The number of halogens is 2. The van der Waals surface area contributed by atoms with Gasteiger partial charge in [0.25, 0.3) is 0 Å². The van der Waals surface area contributed by atoms with Crippen molar-refractivity contribution in [2.24, 2.45) is 5.73 Å². The fraction of sp³-hybridized carbons (Fsp3) is 0.125. The molecule has 1 rings (SSSR count). The van der Waals surface area contributed by atoms with E-state index in [1.54, 1.807) is 0 Å². The third-order valence-corrected chi connectivity index (χ3v) is 1.78. The first-order chi connectivity index (χ1) is 5.18. The first kappa shape index (κ1) is 11.5. The van der Waals surface area contributed by atoms with Gasteiger partial charge in [-0.1, -0.05) is 28.1 Å². The summed E-state index contributed by atoms with van der Waals surface area (Å²) in [5, 5.41) is 7.06. The minimum atomic E-state index is 0. The fourth-order valence-corrected chi connectivity index (χ4v) is 1.31. The molecule has 12 heavy (non-hydrogen) atoms. The van der Waals surface area contributed by atoms with Crippen molar-refractivity contribution >= 4 is 34.2 Å². The third kappa shape index (κ3) is 3.74. The number of amidine groups is 1. The second kappa shape index (κ2) is 5.17. The molecule has 0 aliphatic carbocycles. The lowest BCUT2D eigenvalue weighted by Crippen LogP contribution is -2.12. The Labute approximate surface area is 86.2 Å². The highest BCUT2D eigenvalue weighted by Gasteiger charge is 1.94. The van der Waals surface area contributed by atoms with E-state index in [4.69, 9.17) is 11.1 Å². The molecule has 0 aliphatic heterocycles. The summed E-state index contributed by atoms with van der Waals surface area (Å²) in [7, 11) is 0. The maximum Gasteiger partial charge on any atom is 0.0950 e. The summed E-state index contributed by atoms with van der Waals surface area (Å²) < 4.78 is 1.02. The normalized spacial score (nSPS) is 8.75. The summed E-state index contributed by atoms with van der Waals surface area (Å²) in [6.07, 6.45) is 0.527. The maximum absolute atomic E-state index is 7.06. The predicted octanol–water partition coefficient (Wildman–Crippen LogP) is 2.35. The number of nitrogens with one attached hydrogen (secondary N) is 1. The Morgan fingerprint density at radius 2 is 2.17 bits per heavy atom. The zero-order chi connectivity index (χ0) is 8.27. The topological polar surface area (TPSA) is 49.9 Å². The molecule has 0 radical (unpaired) electrons. The van der Waals surface area contributed by atoms with Crippen LogP contribution in [0.25, 0.3) is 0 Å². The fourth-order valence-electron chi connectivity index (χ4n) is 0.867. The summed E-state index contributed by atoms with van der Waals surface area (Å²) in [4.78, 5) is 0. The Hall–Kier alpha value is -0.540. The van der Waals surface area contributed by atoms with Crippen molar-refractivity contribution in [2.75, 3.05) is 0 Å². The molecule has 0 saturated heterocycles. The maximum atomic E-state index is 7.06. The Balaban J connectivity index is 0.00000121. The molecule has 0 saturated carbocycles. The molecule has 4 heteroatoms. The summed E-state index contributed by atoms with van der Waals surface area (Å²) in [5.74, 6) is 0.197. The molecule has 0 unspecified atom stereocenters. The molecule has 0 fully saturated rings. The van der Waals surface area contributed by atoms with Gasteiger partial charge in [-0.25, -0.2) is 0 Å². The van der Waals surface area contributed by atoms with Crippen LogP contribution in [0.3, 0.4) is 0 Å². The van der Waals surface area contributed by atoms with Crippen molar-refractivity contribution in [1.82, 2.24) is 0 Å². The van der Waals surface area contributed by atoms with Crippen LogP contribution in [0.2, 0.25) is 0 Å². The molecule has 3 N–H and O–H groups in total. The summed E-state index contributed by atoms with van der Waals surface area (Å²) in [6, 6.07) is 7.79. The van der Waals surface area contributed by atoms with Crippen molar-refractivity contribution in [2.45, 2.75) is 6.42 Å². The molecule has 0 spiro atoms. The second-order valence-electron chi connectivity index (χ2n) is 2.33. The monoisotopic (exact) mass is 248 g/mol. The average Bonchev–Trinajstić information content (AvgIpc) is 1.85. The minimum Gasteiger partial charge on any atom is -0.387 e. The molecule has 1 aromatic rings. The van der Waals surface area contributed by atoms with Crippen LogP contribution in [0.15, 0.2) is 28.7 Å². The molecule has 0 heterocycles. The molecule has 1 aromatic carbocycles. The molecule has 0 atom stereocenters. The average molecular weight is 250 g/mol. The second-order valence-corrected chi connectivity index (χ2v) is 3.25. The number of hydrogen-bond donors (Lipinski definition) is 2. The first-order valence-electron chi connectivity index (χ1n) is 3.26. The number of rotatable bonds is 2. The van der Waals surface area contributed by atoms with Gasteiger partial charge in [-0.05, 0) is 17.7 Å². The zero-order valence-electron chi connectivity index (χ0n) is 6.38. The van der Waals surface area contributed by atoms with Crippen LogP contribution in [0.4, 0.5) is 0 Å². The van der Waals surface area contributed by atoms with Crippen LogP contribution < -0.4 is 5.73 Å². The van der Waals surface area contributed by atoms with Gasteiger partial charge in [0, 0.05) is 10.9 Å². The Kier molecular flexibility index (Phi) is 4.93. The quantitative estimate of drug-likeness (QED) is 0.613. The lowest BCUT2D eigenvalue weighted by atomic mass is 10.1. The smallest absolute Gasteiger partial charge is 0.0950 e. The molecule has 2 nitrogen and oxygen atoms in total. The summed E-state index contributed by atoms with van der Waals surface area (Å²) in [6.45, 7) is 0. The van der Waals surface area contributed by atoms with E-state index in [0.29, 0.717) is 6.42 Å². The van der Waals surface area contributed by atoms with Crippen molar-refractivity contribution in [1.29, 1.82) is 5.41 Å². The van der Waals surface area contributed by atoms with E-state index in [1.165, 1.54) is 0 Å². The lowest BCUT2D eigenvalue weighted by Gasteiger charge is -1.98. The highest BCUT2D eigenvalue weighted by atomic mass is 79.9. The lowest BCUT2D eigenvalue weighted by molar-refractivity contribution is 1.24. The molecule has 0 aromatic heterocycles. The van der Waals surface area contributed by atoms with Crippen molar-refractivity contribution in [3.8, 4) is 0 Å². The van der Waals surface area contributed by atoms with Gasteiger partial charge >= 0.3 is 0 Å². The van der Waals surface area contributed by atoms with Gasteiger partial charge in [-0.3, -0.25) is 5.41 Å². The van der Waals surface area contributed by atoms with Gasteiger partial charge in [-0.2, -0.15) is 0 Å². The summed E-state index contributed by atoms with van der Waals surface area (Å²) >= 11 is 3.34. The number of hydrogen-bond acceptors (Lipinski definition) is 1. The molecule has 0 aliphatic rings. The molecular weight excluding hydrogens is 239 g/mol. The zero-order valence-corrected chi connectivity index (χ0v) is 8.78. The predicted molar refractivity (Wildman–Crippen MR) is 57.0 cm³/mol. The van der Waals surface area contributed by atoms with Gasteiger partial charge in [0.15, 0.2) is 0 Å². The van der Waals surface area contributed by atoms with Gasteiger partial charge in [0.2, 0.25) is 0 Å². The minimum absolute atomic E-state index is 0. The van der Waals surface area contributed by atoms with E-state index in [9.17, 15) is 0 Å². The van der Waals surface area contributed by atoms with Crippen LogP contribution in [0.5, 0.6) is 0 Å². The number of nitrogens with two attached hydrogens (primary N) is 1. The van der Waals surface area contributed by atoms with Crippen LogP contribution in [0.1, 0.15) is 5.56 Å². The molecule has 0 bridgehead atoms. The van der Waals surface area contributed by atoms with E-state index in [2.05, 4.69) is 15.9 Å². The van der Waals surface area contributed by atoms with Gasteiger partial charge in [0.1, 0.15) is 0 Å². The third-order valence-electron chi connectivity index (χ3n) is 1.28. The largest absolute Gasteiger partial charge is 0.387 e. The van der Waals surface area contributed by atoms with E-state index in [0.717, 1.165) is 10.0 Å². The standard InChI is InChI=1S/C8H9BrN2.ClH/c9-7-3-1-2-6(4-7)5-8(10)11;/h1-4H,5H2,(H3,10,11);1H. The van der Waals surface area contributed by atoms with Gasteiger partial charge < -0.3 is 5.73 Å². The van der Waals surface area contributed by atoms with E-state index in [1.807, 2.05) is 24.3 Å². The highest BCUT2D eigenvalue weighted by Crippen LogP contribution is 2.11. The van der Waals surface area contributed by atoms with Crippen LogP contribution in [0, 0.1) is 5.41 Å².